The molecule has 2 aromatic heterocycles. The molecule has 1 amide bonds. The molecule has 2 heterocycles. The van der Waals surface area contributed by atoms with Gasteiger partial charge in [0.15, 0.2) is 0 Å². The minimum atomic E-state index is -0.675. The Labute approximate surface area is 168 Å². The van der Waals surface area contributed by atoms with Crippen molar-refractivity contribution in [3.63, 3.8) is 0 Å². The Balaban J connectivity index is 1.53. The van der Waals surface area contributed by atoms with Crippen molar-refractivity contribution in [1.29, 1.82) is 0 Å². The number of hydrogen-bond acceptors (Lipinski definition) is 5. The lowest BCUT2D eigenvalue weighted by Crippen LogP contribution is -2.28. The first-order chi connectivity index (χ1) is 14.0. The van der Waals surface area contributed by atoms with Gasteiger partial charge in [-0.15, -0.1) is 5.10 Å². The number of benzene rings is 2. The van der Waals surface area contributed by atoms with Crippen LogP contribution in [0, 0.1) is 5.82 Å². The number of nitrogens with one attached hydrogen (secondary N) is 2. The van der Waals surface area contributed by atoms with E-state index >= 15 is 0 Å². The zero-order valence-electron chi connectivity index (χ0n) is 14.8. The highest BCUT2D eigenvalue weighted by Crippen LogP contribution is 2.19. The Hall–Kier alpha value is -3.72. The van der Waals surface area contributed by atoms with Crippen molar-refractivity contribution in [1.82, 2.24) is 19.2 Å². The van der Waals surface area contributed by atoms with Gasteiger partial charge in [-0.1, -0.05) is 29.8 Å². The van der Waals surface area contributed by atoms with Gasteiger partial charge in [-0.2, -0.15) is 4.98 Å². The van der Waals surface area contributed by atoms with Crippen LogP contribution in [0.25, 0.3) is 5.78 Å². The molecule has 0 saturated carbocycles. The van der Waals surface area contributed by atoms with Crippen LogP contribution in [0.4, 0.5) is 21.6 Å². The molecule has 0 fully saturated rings. The van der Waals surface area contributed by atoms with E-state index in [-0.39, 0.29) is 16.5 Å². The summed E-state index contributed by atoms with van der Waals surface area (Å²) in [5, 5.41) is 9.77. The van der Waals surface area contributed by atoms with Crippen LogP contribution >= 0.6 is 11.6 Å². The molecule has 8 nitrogen and oxygen atoms in total. The van der Waals surface area contributed by atoms with Gasteiger partial charge >= 0.3 is 5.69 Å². The molecule has 2 N–H and O–H groups in total. The number of amides is 1. The summed E-state index contributed by atoms with van der Waals surface area (Å²) in [6, 6.07) is 14.9. The van der Waals surface area contributed by atoms with Gasteiger partial charge < -0.3 is 10.6 Å². The number of anilines is 3. The molecule has 4 rings (SSSR count). The van der Waals surface area contributed by atoms with Crippen molar-refractivity contribution >= 4 is 40.5 Å². The Morgan fingerprint density at radius 2 is 1.93 bits per heavy atom. The second-order valence-corrected chi connectivity index (χ2v) is 6.52. The Bertz CT molecular complexity index is 1250. The summed E-state index contributed by atoms with van der Waals surface area (Å²) in [7, 11) is 0. The van der Waals surface area contributed by atoms with Gasteiger partial charge in [0.1, 0.15) is 18.2 Å². The largest absolute Gasteiger partial charge is 0.352 e. The van der Waals surface area contributed by atoms with Gasteiger partial charge in [0.25, 0.3) is 5.78 Å². The summed E-state index contributed by atoms with van der Waals surface area (Å²) in [6.45, 7) is -0.397. The van der Waals surface area contributed by atoms with Crippen LogP contribution in [-0.2, 0) is 11.3 Å². The smallest absolute Gasteiger partial charge is 0.340 e. The molecule has 0 atom stereocenters. The lowest BCUT2D eigenvalue weighted by Gasteiger charge is -2.06. The van der Waals surface area contributed by atoms with Crippen molar-refractivity contribution in [2.75, 3.05) is 10.6 Å². The first kappa shape index (κ1) is 18.6. The lowest BCUT2D eigenvalue weighted by atomic mass is 10.3. The molecule has 10 heteroatoms. The van der Waals surface area contributed by atoms with Gasteiger partial charge in [-0.25, -0.2) is 18.3 Å². The van der Waals surface area contributed by atoms with Gasteiger partial charge in [0.2, 0.25) is 5.91 Å². The third-order valence-corrected chi connectivity index (χ3v) is 4.23. The quantitative estimate of drug-likeness (QED) is 0.525. The summed E-state index contributed by atoms with van der Waals surface area (Å²) < 4.78 is 16.0. The minimum absolute atomic E-state index is 0.0383. The van der Waals surface area contributed by atoms with Crippen LogP contribution in [0.3, 0.4) is 0 Å². The fourth-order valence-electron chi connectivity index (χ4n) is 2.66. The number of nitrogens with zero attached hydrogens (tertiary/aromatic N) is 4. The van der Waals surface area contributed by atoms with Crippen LogP contribution in [0.5, 0.6) is 0 Å². The summed E-state index contributed by atoms with van der Waals surface area (Å²) in [6.07, 6.45) is 1.51. The first-order valence-electron chi connectivity index (χ1n) is 8.53. The maximum Gasteiger partial charge on any atom is 0.352 e. The molecule has 0 aliphatic carbocycles. The SMILES string of the molecule is O=C(Cn1nc2nc(Nc3ccccc3)ccn2c1=O)Nc1ccc(Cl)cc1F. The fourth-order valence-corrected chi connectivity index (χ4v) is 2.82. The van der Waals surface area contributed by atoms with E-state index in [2.05, 4.69) is 20.7 Å². The van der Waals surface area contributed by atoms with E-state index in [9.17, 15) is 14.0 Å². The van der Waals surface area contributed by atoms with E-state index in [4.69, 9.17) is 11.6 Å². The van der Waals surface area contributed by atoms with Crippen molar-refractivity contribution < 1.29 is 9.18 Å². The average molecular weight is 413 g/mol. The van der Waals surface area contributed by atoms with Crippen LogP contribution in [0.1, 0.15) is 0 Å². The van der Waals surface area contributed by atoms with Crippen molar-refractivity contribution in [2.45, 2.75) is 6.54 Å². The molecular formula is C19H14ClFN6O2. The average Bonchev–Trinajstić information content (AvgIpc) is 3.00. The van der Waals surface area contributed by atoms with E-state index in [1.54, 1.807) is 6.07 Å². The van der Waals surface area contributed by atoms with E-state index in [0.717, 1.165) is 16.4 Å². The molecule has 0 spiro atoms. The van der Waals surface area contributed by atoms with E-state index in [0.29, 0.717) is 5.82 Å². The fraction of sp³-hybridized carbons (Fsp3) is 0.0526. The molecule has 0 aliphatic heterocycles. The zero-order valence-corrected chi connectivity index (χ0v) is 15.6. The predicted octanol–water partition coefficient (Wildman–Crippen LogP) is 3.07. The zero-order chi connectivity index (χ0) is 20.4. The summed E-state index contributed by atoms with van der Waals surface area (Å²) in [5.41, 5.74) is 0.254. The summed E-state index contributed by atoms with van der Waals surface area (Å²) >= 11 is 5.69. The standard InChI is InChI=1S/C19H14ClFN6O2/c20-12-6-7-15(14(21)10-12)23-17(28)11-27-19(29)26-9-8-16(24-18(26)25-27)22-13-4-2-1-3-5-13/h1-10H,11H2,(H,23,28)(H,22,24,25). The van der Waals surface area contributed by atoms with Crippen molar-refractivity contribution in [3.8, 4) is 0 Å². The summed E-state index contributed by atoms with van der Waals surface area (Å²) in [4.78, 5) is 28.9. The van der Waals surface area contributed by atoms with Crippen LogP contribution in [-0.4, -0.2) is 25.1 Å². The number of carbonyl (C=O) groups is 1. The van der Waals surface area contributed by atoms with Gasteiger partial charge in [-0.3, -0.25) is 4.79 Å². The Kier molecular flexibility index (Phi) is 4.96. The molecule has 0 aliphatic rings. The highest BCUT2D eigenvalue weighted by atomic mass is 35.5. The van der Waals surface area contributed by atoms with Crippen LogP contribution in [0.15, 0.2) is 65.6 Å². The number of halogens is 2. The van der Waals surface area contributed by atoms with Crippen LogP contribution < -0.4 is 16.3 Å². The normalized spacial score (nSPS) is 10.8. The molecule has 0 saturated heterocycles. The van der Waals surface area contributed by atoms with E-state index < -0.39 is 24.0 Å². The lowest BCUT2D eigenvalue weighted by molar-refractivity contribution is -0.117. The number of rotatable bonds is 5. The molecule has 146 valence electrons. The molecule has 2 aromatic carbocycles. The maximum absolute atomic E-state index is 13.8. The Morgan fingerprint density at radius 1 is 1.14 bits per heavy atom. The van der Waals surface area contributed by atoms with Crippen molar-refractivity contribution in [2.24, 2.45) is 0 Å². The molecule has 29 heavy (non-hydrogen) atoms. The monoisotopic (exact) mass is 412 g/mol. The highest BCUT2D eigenvalue weighted by molar-refractivity contribution is 6.30. The summed E-state index contributed by atoms with van der Waals surface area (Å²) in [5.74, 6) is -0.666. The highest BCUT2D eigenvalue weighted by Gasteiger charge is 2.14. The van der Waals surface area contributed by atoms with Crippen molar-refractivity contribution in [3.05, 3.63) is 82.1 Å². The number of aromatic nitrogens is 4. The Morgan fingerprint density at radius 3 is 2.69 bits per heavy atom. The predicted molar refractivity (Wildman–Crippen MR) is 107 cm³/mol. The van der Waals surface area contributed by atoms with E-state index in [1.165, 1.54) is 22.7 Å². The molecule has 4 aromatic rings. The maximum atomic E-state index is 13.8. The number of hydrogen-bond donors (Lipinski definition) is 2. The van der Waals surface area contributed by atoms with Gasteiger partial charge in [-0.05, 0) is 36.4 Å². The number of fused-ring (bicyclic) bond motifs is 1. The molecule has 0 bridgehead atoms. The third kappa shape index (κ3) is 4.09. The topological polar surface area (TPSA) is 93.3 Å². The third-order valence-electron chi connectivity index (χ3n) is 4.00. The van der Waals surface area contributed by atoms with Gasteiger partial charge in [0.05, 0.1) is 5.69 Å². The second kappa shape index (κ2) is 7.72. The van der Waals surface area contributed by atoms with Crippen LogP contribution in [0.2, 0.25) is 5.02 Å². The first-order valence-corrected chi connectivity index (χ1v) is 8.90. The minimum Gasteiger partial charge on any atom is -0.340 e. The second-order valence-electron chi connectivity index (χ2n) is 6.09. The van der Waals surface area contributed by atoms with Gasteiger partial charge in [0, 0.05) is 16.9 Å². The van der Waals surface area contributed by atoms with E-state index in [1.807, 2.05) is 30.3 Å². The molecule has 0 radical (unpaired) electrons. The number of carbonyl (C=O) groups excluding carboxylic acids is 1. The molecule has 0 unspecified atom stereocenters. The number of para-hydroxylation sites is 1. The molecular weight excluding hydrogens is 399 g/mol.